The van der Waals surface area contributed by atoms with Gasteiger partial charge in [-0.2, -0.15) is 5.10 Å². The highest BCUT2D eigenvalue weighted by Gasteiger charge is 2.30. The second kappa shape index (κ2) is 8.41. The predicted molar refractivity (Wildman–Crippen MR) is 112 cm³/mol. The maximum absolute atomic E-state index is 13.0. The Kier molecular flexibility index (Phi) is 5.53. The third kappa shape index (κ3) is 4.43. The first kappa shape index (κ1) is 19.1. The van der Waals surface area contributed by atoms with Crippen molar-refractivity contribution in [3.63, 3.8) is 0 Å². The van der Waals surface area contributed by atoms with E-state index < -0.39 is 0 Å². The molecule has 0 spiro atoms. The molecule has 1 unspecified atom stereocenters. The zero-order chi connectivity index (χ0) is 20.2. The van der Waals surface area contributed by atoms with E-state index in [1.807, 2.05) is 60.8 Å². The fraction of sp³-hybridized carbons (Fsp3) is 0.261. The molecular weight excluding hydrogens is 364 g/mol. The van der Waals surface area contributed by atoms with Crippen LogP contribution in [0.5, 0.6) is 0 Å². The van der Waals surface area contributed by atoms with Gasteiger partial charge in [0.15, 0.2) is 5.78 Å². The number of nitrogens with zero attached hydrogens (tertiary/aromatic N) is 3. The van der Waals surface area contributed by atoms with Gasteiger partial charge in [-0.1, -0.05) is 24.3 Å². The SMILES string of the molecule is CC(=O)c1cccc(CN2CCCC2C(=O)Nc2cccc(-n3cccn3)c2)c1. The van der Waals surface area contributed by atoms with E-state index in [4.69, 9.17) is 0 Å². The van der Waals surface area contributed by atoms with Gasteiger partial charge in [-0.25, -0.2) is 4.68 Å². The zero-order valence-corrected chi connectivity index (χ0v) is 16.4. The molecule has 1 N–H and O–H groups in total. The molecule has 0 radical (unpaired) electrons. The van der Waals surface area contributed by atoms with Gasteiger partial charge < -0.3 is 5.32 Å². The average Bonchev–Trinajstić information content (AvgIpc) is 3.40. The summed E-state index contributed by atoms with van der Waals surface area (Å²) in [5, 5.41) is 7.29. The fourth-order valence-corrected chi connectivity index (χ4v) is 3.81. The Hall–Kier alpha value is -3.25. The van der Waals surface area contributed by atoms with Gasteiger partial charge in [0, 0.05) is 30.2 Å². The van der Waals surface area contributed by atoms with Crippen LogP contribution in [0.1, 0.15) is 35.7 Å². The van der Waals surface area contributed by atoms with Gasteiger partial charge in [0.1, 0.15) is 0 Å². The summed E-state index contributed by atoms with van der Waals surface area (Å²) in [5.41, 5.74) is 3.42. The lowest BCUT2D eigenvalue weighted by Crippen LogP contribution is -2.39. The van der Waals surface area contributed by atoms with E-state index in [0.29, 0.717) is 12.1 Å². The molecular formula is C23H24N4O2. The lowest BCUT2D eigenvalue weighted by atomic mass is 10.1. The number of benzene rings is 2. The molecule has 1 fully saturated rings. The van der Waals surface area contributed by atoms with Gasteiger partial charge in [0.2, 0.25) is 5.91 Å². The standard InChI is InChI=1S/C23H24N4O2/c1-17(28)19-7-2-6-18(14-19)16-26-12-4-10-22(26)23(29)25-20-8-3-9-21(15-20)27-13-5-11-24-27/h2-3,5-9,11,13-15,22H,4,10,12,16H2,1H3,(H,25,29). The largest absolute Gasteiger partial charge is 0.325 e. The number of rotatable bonds is 6. The molecule has 0 saturated carbocycles. The van der Waals surface area contributed by atoms with Crippen molar-refractivity contribution in [3.05, 3.63) is 78.1 Å². The quantitative estimate of drug-likeness (QED) is 0.654. The first-order chi connectivity index (χ1) is 14.1. The van der Waals surface area contributed by atoms with Crippen molar-refractivity contribution in [3.8, 4) is 5.69 Å². The fourth-order valence-electron chi connectivity index (χ4n) is 3.81. The molecule has 0 aliphatic carbocycles. The normalized spacial score (nSPS) is 16.7. The van der Waals surface area contributed by atoms with Crippen LogP contribution >= 0.6 is 0 Å². The molecule has 4 rings (SSSR count). The first-order valence-corrected chi connectivity index (χ1v) is 9.85. The van der Waals surface area contributed by atoms with Crippen LogP contribution in [0.25, 0.3) is 5.69 Å². The van der Waals surface area contributed by atoms with Gasteiger partial charge in [-0.15, -0.1) is 0 Å². The van der Waals surface area contributed by atoms with E-state index in [-0.39, 0.29) is 17.7 Å². The summed E-state index contributed by atoms with van der Waals surface area (Å²) in [4.78, 5) is 26.8. The number of amides is 1. The molecule has 6 heteroatoms. The highest BCUT2D eigenvalue weighted by atomic mass is 16.2. The molecule has 1 aromatic heterocycles. The van der Waals surface area contributed by atoms with Crippen molar-refractivity contribution < 1.29 is 9.59 Å². The predicted octanol–water partition coefficient (Wildman–Crippen LogP) is 3.68. The highest BCUT2D eigenvalue weighted by molar-refractivity contribution is 5.95. The molecule has 2 aromatic carbocycles. The van der Waals surface area contributed by atoms with Gasteiger partial charge in [0.25, 0.3) is 0 Å². The number of likely N-dealkylation sites (tertiary alicyclic amines) is 1. The van der Waals surface area contributed by atoms with E-state index in [0.717, 1.165) is 36.3 Å². The molecule has 2 heterocycles. The Morgan fingerprint density at radius 3 is 2.79 bits per heavy atom. The van der Waals surface area contributed by atoms with Gasteiger partial charge >= 0.3 is 0 Å². The number of ketones is 1. The minimum Gasteiger partial charge on any atom is -0.325 e. The summed E-state index contributed by atoms with van der Waals surface area (Å²) >= 11 is 0. The Balaban J connectivity index is 1.45. The Morgan fingerprint density at radius 1 is 1.14 bits per heavy atom. The number of aromatic nitrogens is 2. The van der Waals surface area contributed by atoms with E-state index in [9.17, 15) is 9.59 Å². The lowest BCUT2D eigenvalue weighted by molar-refractivity contribution is -0.120. The maximum atomic E-state index is 13.0. The Labute approximate surface area is 170 Å². The van der Waals surface area contributed by atoms with Gasteiger partial charge in [0.05, 0.1) is 11.7 Å². The number of Topliss-reactive ketones (excluding diaryl/α,β-unsaturated/α-hetero) is 1. The molecule has 6 nitrogen and oxygen atoms in total. The molecule has 1 saturated heterocycles. The summed E-state index contributed by atoms with van der Waals surface area (Å²) in [7, 11) is 0. The van der Waals surface area contributed by atoms with Crippen LogP contribution in [0.4, 0.5) is 5.69 Å². The summed E-state index contributed by atoms with van der Waals surface area (Å²) in [6, 6.07) is 17.0. The summed E-state index contributed by atoms with van der Waals surface area (Å²) < 4.78 is 1.76. The topological polar surface area (TPSA) is 67.2 Å². The van der Waals surface area contributed by atoms with E-state index in [2.05, 4.69) is 15.3 Å². The summed E-state index contributed by atoms with van der Waals surface area (Å²) in [6.07, 6.45) is 5.41. The van der Waals surface area contributed by atoms with Crippen molar-refractivity contribution >= 4 is 17.4 Å². The van der Waals surface area contributed by atoms with Crippen molar-refractivity contribution in [2.24, 2.45) is 0 Å². The van der Waals surface area contributed by atoms with Crippen molar-refractivity contribution in [2.75, 3.05) is 11.9 Å². The Bertz CT molecular complexity index is 1010. The molecule has 1 amide bonds. The van der Waals surface area contributed by atoms with E-state index in [1.54, 1.807) is 17.8 Å². The second-order valence-electron chi connectivity index (χ2n) is 7.38. The molecule has 29 heavy (non-hydrogen) atoms. The molecule has 1 aliphatic heterocycles. The maximum Gasteiger partial charge on any atom is 0.241 e. The number of carbonyl (C=O) groups is 2. The third-order valence-corrected chi connectivity index (χ3v) is 5.27. The van der Waals surface area contributed by atoms with Crippen LogP contribution in [0.2, 0.25) is 0 Å². The van der Waals surface area contributed by atoms with Crippen LogP contribution in [0.3, 0.4) is 0 Å². The number of anilines is 1. The van der Waals surface area contributed by atoms with Gasteiger partial charge in [-0.3, -0.25) is 14.5 Å². The summed E-state index contributed by atoms with van der Waals surface area (Å²) in [5.74, 6) is 0.0578. The average molecular weight is 388 g/mol. The third-order valence-electron chi connectivity index (χ3n) is 5.27. The molecule has 1 atom stereocenters. The van der Waals surface area contributed by atoms with Gasteiger partial charge in [-0.05, 0) is 62.2 Å². The number of nitrogens with one attached hydrogen (secondary N) is 1. The van der Waals surface area contributed by atoms with Crippen LogP contribution < -0.4 is 5.32 Å². The lowest BCUT2D eigenvalue weighted by Gasteiger charge is -2.24. The highest BCUT2D eigenvalue weighted by Crippen LogP contribution is 2.23. The minimum absolute atomic E-state index is 0.00263. The monoisotopic (exact) mass is 388 g/mol. The zero-order valence-electron chi connectivity index (χ0n) is 16.4. The van der Waals surface area contributed by atoms with Crippen molar-refractivity contribution in [1.29, 1.82) is 0 Å². The van der Waals surface area contributed by atoms with Crippen LogP contribution in [-0.4, -0.2) is 39.0 Å². The molecule has 148 valence electrons. The second-order valence-corrected chi connectivity index (χ2v) is 7.38. The smallest absolute Gasteiger partial charge is 0.241 e. The first-order valence-electron chi connectivity index (χ1n) is 9.85. The molecule has 0 bridgehead atoms. The number of carbonyl (C=O) groups excluding carboxylic acids is 2. The summed E-state index contributed by atoms with van der Waals surface area (Å²) in [6.45, 7) is 3.10. The van der Waals surface area contributed by atoms with Crippen LogP contribution in [-0.2, 0) is 11.3 Å². The molecule has 3 aromatic rings. The Morgan fingerprint density at radius 2 is 2.00 bits per heavy atom. The van der Waals surface area contributed by atoms with Crippen molar-refractivity contribution in [2.45, 2.75) is 32.4 Å². The van der Waals surface area contributed by atoms with E-state index >= 15 is 0 Å². The van der Waals surface area contributed by atoms with Crippen molar-refractivity contribution in [1.82, 2.24) is 14.7 Å². The molecule has 1 aliphatic rings. The number of hydrogen-bond acceptors (Lipinski definition) is 4. The van der Waals surface area contributed by atoms with E-state index in [1.165, 1.54) is 0 Å². The number of hydrogen-bond donors (Lipinski definition) is 1. The van der Waals surface area contributed by atoms with Crippen LogP contribution in [0.15, 0.2) is 67.0 Å². The van der Waals surface area contributed by atoms with Crippen LogP contribution in [0, 0.1) is 0 Å². The minimum atomic E-state index is -0.177.